The van der Waals surface area contributed by atoms with Gasteiger partial charge in [-0.05, 0) is 86.3 Å². The van der Waals surface area contributed by atoms with E-state index in [0.29, 0.717) is 35.8 Å². The molecule has 0 unspecified atom stereocenters. The average Bonchev–Trinajstić information content (AvgIpc) is 3.61. The van der Waals surface area contributed by atoms with Crippen molar-refractivity contribution in [2.45, 2.75) is 71.8 Å². The standard InChI is InChI=1S/C34H37NO5/c1-3-5-20-39-34(38)40-27-15-11-24(12-16-27)33(37)26-14-18-31-29(22-26)28-21-25(13-17-30(28)35(31)4-2)32(36)19-10-23-8-6-7-9-23/h11-18,21-23H,3-10,19-20H2,1-2H3. The van der Waals surface area contributed by atoms with Crippen LogP contribution in [0.3, 0.4) is 0 Å². The number of hydrogen-bond donors (Lipinski definition) is 0. The first-order valence-electron chi connectivity index (χ1n) is 14.6. The van der Waals surface area contributed by atoms with Gasteiger partial charge in [-0.2, -0.15) is 0 Å². The zero-order valence-corrected chi connectivity index (χ0v) is 23.4. The molecule has 4 aromatic rings. The number of ether oxygens (including phenoxy) is 2. The van der Waals surface area contributed by atoms with Crippen LogP contribution in [0.4, 0.5) is 4.79 Å². The molecule has 0 N–H and O–H groups in total. The van der Waals surface area contributed by atoms with Gasteiger partial charge in [-0.25, -0.2) is 4.79 Å². The highest BCUT2D eigenvalue weighted by atomic mass is 16.7. The molecule has 1 heterocycles. The summed E-state index contributed by atoms with van der Waals surface area (Å²) in [5.41, 5.74) is 3.89. The van der Waals surface area contributed by atoms with Crippen LogP contribution >= 0.6 is 0 Å². The van der Waals surface area contributed by atoms with Crippen LogP contribution in [0.2, 0.25) is 0 Å². The highest BCUT2D eigenvalue weighted by Gasteiger charge is 2.19. The van der Waals surface area contributed by atoms with Gasteiger partial charge >= 0.3 is 6.16 Å². The molecular formula is C34H37NO5. The maximum Gasteiger partial charge on any atom is 0.513 e. The number of fused-ring (bicyclic) bond motifs is 3. The number of carbonyl (C=O) groups is 3. The van der Waals surface area contributed by atoms with E-state index < -0.39 is 6.16 Å². The van der Waals surface area contributed by atoms with Crippen LogP contribution in [0.5, 0.6) is 5.75 Å². The number of hydrogen-bond acceptors (Lipinski definition) is 5. The van der Waals surface area contributed by atoms with Crippen LogP contribution in [0.15, 0.2) is 60.7 Å². The minimum Gasteiger partial charge on any atom is -0.434 e. The largest absolute Gasteiger partial charge is 0.513 e. The van der Waals surface area contributed by atoms with Crippen molar-refractivity contribution in [2.75, 3.05) is 6.61 Å². The Labute approximate surface area is 235 Å². The van der Waals surface area contributed by atoms with Gasteiger partial charge in [0.1, 0.15) is 5.75 Å². The highest BCUT2D eigenvalue weighted by Crippen LogP contribution is 2.33. The molecule has 5 rings (SSSR count). The predicted octanol–water partition coefficient (Wildman–Crippen LogP) is 8.51. The minimum absolute atomic E-state index is 0.125. The summed E-state index contributed by atoms with van der Waals surface area (Å²) >= 11 is 0. The van der Waals surface area contributed by atoms with Crippen LogP contribution in [0.25, 0.3) is 21.8 Å². The second kappa shape index (κ2) is 12.5. The van der Waals surface area contributed by atoms with E-state index in [4.69, 9.17) is 9.47 Å². The predicted molar refractivity (Wildman–Crippen MR) is 157 cm³/mol. The number of benzene rings is 3. The summed E-state index contributed by atoms with van der Waals surface area (Å²) in [6, 6.07) is 18.2. The summed E-state index contributed by atoms with van der Waals surface area (Å²) in [7, 11) is 0. The number of carbonyl (C=O) groups excluding carboxylic acids is 3. The molecule has 1 aliphatic rings. The molecule has 0 aliphatic heterocycles. The third-order valence-electron chi connectivity index (χ3n) is 8.06. The van der Waals surface area contributed by atoms with Crippen molar-refractivity contribution in [1.29, 1.82) is 0 Å². The summed E-state index contributed by atoms with van der Waals surface area (Å²) in [5.74, 6) is 1.07. The van der Waals surface area contributed by atoms with E-state index in [0.717, 1.165) is 53.2 Å². The molecule has 40 heavy (non-hydrogen) atoms. The Balaban J connectivity index is 1.38. The Morgan fingerprint density at radius 3 is 2.10 bits per heavy atom. The number of aromatic nitrogens is 1. The van der Waals surface area contributed by atoms with Gasteiger partial charge in [0, 0.05) is 51.5 Å². The Morgan fingerprint density at radius 2 is 1.45 bits per heavy atom. The lowest BCUT2D eigenvalue weighted by atomic mass is 9.96. The van der Waals surface area contributed by atoms with E-state index in [1.54, 1.807) is 24.3 Å². The number of ketones is 2. The van der Waals surface area contributed by atoms with Gasteiger partial charge in [-0.1, -0.05) is 39.0 Å². The Bertz CT molecular complexity index is 1530. The van der Waals surface area contributed by atoms with Gasteiger partial charge in [-0.15, -0.1) is 0 Å². The Kier molecular flexibility index (Phi) is 8.63. The second-order valence-corrected chi connectivity index (χ2v) is 10.7. The molecule has 6 nitrogen and oxygen atoms in total. The second-order valence-electron chi connectivity index (χ2n) is 10.7. The molecule has 208 valence electrons. The van der Waals surface area contributed by atoms with Gasteiger partial charge in [-0.3, -0.25) is 9.59 Å². The molecule has 1 saturated carbocycles. The Hall–Kier alpha value is -3.93. The van der Waals surface area contributed by atoms with Gasteiger partial charge in [0.15, 0.2) is 11.6 Å². The fourth-order valence-electron chi connectivity index (χ4n) is 5.80. The molecule has 1 aliphatic carbocycles. The van der Waals surface area contributed by atoms with Gasteiger partial charge in [0.2, 0.25) is 0 Å². The number of unbranched alkanes of at least 4 members (excludes halogenated alkanes) is 1. The van der Waals surface area contributed by atoms with E-state index >= 15 is 0 Å². The summed E-state index contributed by atoms with van der Waals surface area (Å²) in [4.78, 5) is 38.3. The van der Waals surface area contributed by atoms with Crippen molar-refractivity contribution >= 4 is 39.5 Å². The van der Waals surface area contributed by atoms with Crippen molar-refractivity contribution < 1.29 is 23.9 Å². The molecule has 1 aromatic heterocycles. The van der Waals surface area contributed by atoms with Gasteiger partial charge in [0.25, 0.3) is 0 Å². The molecular weight excluding hydrogens is 502 g/mol. The normalized spacial score (nSPS) is 13.7. The van der Waals surface area contributed by atoms with Crippen LogP contribution in [0.1, 0.15) is 91.5 Å². The van der Waals surface area contributed by atoms with Gasteiger partial charge < -0.3 is 14.0 Å². The topological polar surface area (TPSA) is 74.6 Å². The molecule has 1 fully saturated rings. The molecule has 6 heteroatoms. The first-order valence-corrected chi connectivity index (χ1v) is 14.6. The van der Waals surface area contributed by atoms with Crippen molar-refractivity contribution in [3.05, 3.63) is 77.4 Å². The van der Waals surface area contributed by atoms with Crippen molar-refractivity contribution in [1.82, 2.24) is 4.57 Å². The fourth-order valence-corrected chi connectivity index (χ4v) is 5.80. The molecule has 0 bridgehead atoms. The lowest BCUT2D eigenvalue weighted by Crippen LogP contribution is -2.11. The quantitative estimate of drug-likeness (QED) is 0.0826. The van der Waals surface area contributed by atoms with Crippen LogP contribution in [0, 0.1) is 5.92 Å². The maximum atomic E-state index is 13.4. The summed E-state index contributed by atoms with van der Waals surface area (Å²) in [6.45, 7) is 5.21. The van der Waals surface area contributed by atoms with E-state index in [-0.39, 0.29) is 11.6 Å². The SMILES string of the molecule is CCCCOC(=O)Oc1ccc(C(=O)c2ccc3c(c2)c2cc(C(=O)CCC4CCCC4)ccc2n3CC)cc1. The summed E-state index contributed by atoms with van der Waals surface area (Å²) < 4.78 is 12.4. The molecule has 0 spiro atoms. The Morgan fingerprint density at radius 1 is 0.825 bits per heavy atom. The van der Waals surface area contributed by atoms with Crippen LogP contribution < -0.4 is 4.74 Å². The smallest absolute Gasteiger partial charge is 0.434 e. The van der Waals surface area contributed by atoms with Crippen molar-refractivity contribution in [2.24, 2.45) is 5.92 Å². The average molecular weight is 540 g/mol. The molecule has 0 radical (unpaired) electrons. The first-order chi connectivity index (χ1) is 19.5. The summed E-state index contributed by atoms with van der Waals surface area (Å²) in [6.07, 6.45) is 7.57. The fraction of sp³-hybridized carbons (Fsp3) is 0.382. The lowest BCUT2D eigenvalue weighted by Gasteiger charge is -2.08. The van der Waals surface area contributed by atoms with Gasteiger partial charge in [0.05, 0.1) is 6.61 Å². The number of aryl methyl sites for hydroxylation is 1. The minimum atomic E-state index is -0.748. The number of Topliss-reactive ketones (excluding diaryl/α,β-unsaturated/α-hetero) is 1. The van der Waals surface area contributed by atoms with E-state index in [1.165, 1.54) is 25.7 Å². The van der Waals surface area contributed by atoms with Crippen LogP contribution in [-0.4, -0.2) is 28.9 Å². The zero-order valence-electron chi connectivity index (χ0n) is 23.4. The summed E-state index contributed by atoms with van der Waals surface area (Å²) in [5, 5.41) is 1.95. The van der Waals surface area contributed by atoms with E-state index in [1.807, 2.05) is 43.3 Å². The van der Waals surface area contributed by atoms with Crippen molar-refractivity contribution in [3.8, 4) is 5.75 Å². The highest BCUT2D eigenvalue weighted by molar-refractivity contribution is 6.15. The monoisotopic (exact) mass is 539 g/mol. The lowest BCUT2D eigenvalue weighted by molar-refractivity contribution is 0.0966. The third kappa shape index (κ3) is 5.96. The molecule has 3 aromatic carbocycles. The molecule has 0 atom stereocenters. The number of nitrogens with zero attached hydrogens (tertiary/aromatic N) is 1. The zero-order chi connectivity index (χ0) is 28.1. The van der Waals surface area contributed by atoms with E-state index in [9.17, 15) is 14.4 Å². The first kappa shape index (κ1) is 27.6. The van der Waals surface area contributed by atoms with Crippen LogP contribution in [-0.2, 0) is 11.3 Å². The van der Waals surface area contributed by atoms with Crippen molar-refractivity contribution in [3.63, 3.8) is 0 Å². The third-order valence-corrected chi connectivity index (χ3v) is 8.06. The number of rotatable bonds is 11. The molecule has 0 amide bonds. The molecule has 0 saturated heterocycles. The maximum absolute atomic E-state index is 13.4. The van der Waals surface area contributed by atoms with E-state index in [2.05, 4.69) is 11.5 Å².